The normalized spacial score (nSPS) is 9.50. The Morgan fingerprint density at radius 2 is 2.42 bits per heavy atom. The van der Waals surface area contributed by atoms with Gasteiger partial charge in [-0.2, -0.15) is 0 Å². The molecule has 0 aliphatic carbocycles. The molecule has 0 atom stereocenters. The van der Waals surface area contributed by atoms with Crippen LogP contribution in [0.25, 0.3) is 0 Å². The van der Waals surface area contributed by atoms with E-state index in [1.807, 2.05) is 12.1 Å². The fourth-order valence-electron chi connectivity index (χ4n) is 0.703. The number of urea groups is 1. The second kappa shape index (κ2) is 4.47. The zero-order valence-corrected chi connectivity index (χ0v) is 8.96. The van der Waals surface area contributed by atoms with Crippen LogP contribution in [0.2, 0.25) is 0 Å². The van der Waals surface area contributed by atoms with Gasteiger partial charge < -0.3 is 10.6 Å². The summed E-state index contributed by atoms with van der Waals surface area (Å²) in [5.41, 5.74) is 0. The van der Waals surface area contributed by atoms with E-state index in [0.29, 0.717) is 6.54 Å². The van der Waals surface area contributed by atoms with Gasteiger partial charge in [-0.3, -0.25) is 0 Å². The fraction of sp³-hybridized carbons (Fsp3) is 0.286. The maximum absolute atomic E-state index is 10.8. The van der Waals surface area contributed by atoms with Gasteiger partial charge in [0.1, 0.15) is 0 Å². The van der Waals surface area contributed by atoms with E-state index < -0.39 is 0 Å². The van der Waals surface area contributed by atoms with Crippen molar-refractivity contribution < 1.29 is 4.79 Å². The Hall–Kier alpha value is -0.550. The molecule has 0 bridgehead atoms. The van der Waals surface area contributed by atoms with Gasteiger partial charge in [-0.1, -0.05) is 0 Å². The van der Waals surface area contributed by atoms with Crippen LogP contribution in [0.15, 0.2) is 15.9 Å². The van der Waals surface area contributed by atoms with Crippen molar-refractivity contribution in [3.05, 3.63) is 20.8 Å². The minimum Gasteiger partial charge on any atom is -0.341 e. The Morgan fingerprint density at radius 3 is 2.92 bits per heavy atom. The van der Waals surface area contributed by atoms with E-state index in [9.17, 15) is 4.79 Å². The topological polar surface area (TPSA) is 41.1 Å². The van der Waals surface area contributed by atoms with Gasteiger partial charge in [-0.05, 0) is 28.1 Å². The maximum atomic E-state index is 10.8. The molecule has 1 heterocycles. The molecule has 0 aromatic carbocycles. The summed E-state index contributed by atoms with van der Waals surface area (Å²) in [6, 6.07) is 3.79. The summed E-state index contributed by atoms with van der Waals surface area (Å²) >= 11 is 4.96. The number of nitrogens with one attached hydrogen (secondary N) is 2. The molecule has 2 N–H and O–H groups in total. The minimum absolute atomic E-state index is 0.153. The number of hydrogen-bond acceptors (Lipinski definition) is 2. The maximum Gasteiger partial charge on any atom is 0.314 e. The van der Waals surface area contributed by atoms with Crippen LogP contribution >= 0.6 is 27.3 Å². The smallest absolute Gasteiger partial charge is 0.314 e. The zero-order valence-electron chi connectivity index (χ0n) is 6.56. The van der Waals surface area contributed by atoms with Crippen molar-refractivity contribution in [1.82, 2.24) is 10.6 Å². The largest absolute Gasteiger partial charge is 0.341 e. The van der Waals surface area contributed by atoms with Gasteiger partial charge in [0, 0.05) is 11.9 Å². The van der Waals surface area contributed by atoms with Crippen LogP contribution in [0, 0.1) is 0 Å². The number of amides is 2. The first-order chi connectivity index (χ1) is 5.72. The third kappa shape index (κ3) is 2.83. The highest BCUT2D eigenvalue weighted by Gasteiger charge is 1.99. The molecule has 0 saturated heterocycles. The van der Waals surface area contributed by atoms with Gasteiger partial charge in [0.2, 0.25) is 0 Å². The standard InChI is InChI=1S/C7H9BrN2OS/c1-9-7(11)10-4-5-2-3-6(8)12-5/h2-3H,4H2,1H3,(H2,9,10,11). The summed E-state index contributed by atoms with van der Waals surface area (Å²) < 4.78 is 1.08. The molecular formula is C7H9BrN2OS. The average Bonchev–Trinajstić information content (AvgIpc) is 2.47. The number of halogens is 1. The summed E-state index contributed by atoms with van der Waals surface area (Å²) in [6.07, 6.45) is 0. The molecule has 5 heteroatoms. The Morgan fingerprint density at radius 1 is 1.67 bits per heavy atom. The molecule has 0 spiro atoms. The van der Waals surface area contributed by atoms with E-state index in [1.165, 1.54) is 0 Å². The number of thiophene rings is 1. The zero-order chi connectivity index (χ0) is 8.97. The Bertz CT molecular complexity index is 274. The number of hydrogen-bond donors (Lipinski definition) is 2. The Labute approximate surface area is 83.3 Å². The van der Waals surface area contributed by atoms with Crippen molar-refractivity contribution in [2.75, 3.05) is 7.05 Å². The van der Waals surface area contributed by atoms with E-state index in [4.69, 9.17) is 0 Å². The summed E-state index contributed by atoms with van der Waals surface area (Å²) in [5.74, 6) is 0. The molecule has 12 heavy (non-hydrogen) atoms. The lowest BCUT2D eigenvalue weighted by Gasteiger charge is -2.00. The van der Waals surface area contributed by atoms with E-state index >= 15 is 0 Å². The van der Waals surface area contributed by atoms with Gasteiger partial charge in [0.25, 0.3) is 0 Å². The van der Waals surface area contributed by atoms with Crippen LogP contribution in [0.4, 0.5) is 4.79 Å². The molecule has 66 valence electrons. The molecule has 3 nitrogen and oxygen atoms in total. The van der Waals surface area contributed by atoms with Gasteiger partial charge >= 0.3 is 6.03 Å². The van der Waals surface area contributed by atoms with Gasteiger partial charge in [0.15, 0.2) is 0 Å². The van der Waals surface area contributed by atoms with Gasteiger partial charge in [-0.15, -0.1) is 11.3 Å². The van der Waals surface area contributed by atoms with E-state index in [2.05, 4.69) is 26.6 Å². The van der Waals surface area contributed by atoms with Crippen molar-refractivity contribution in [3.8, 4) is 0 Å². The molecule has 1 aromatic heterocycles. The van der Waals surface area contributed by atoms with Crippen molar-refractivity contribution in [1.29, 1.82) is 0 Å². The molecule has 0 saturated carbocycles. The van der Waals surface area contributed by atoms with Crippen LogP contribution in [0.1, 0.15) is 4.88 Å². The number of rotatable bonds is 2. The lowest BCUT2D eigenvalue weighted by Crippen LogP contribution is -2.31. The van der Waals surface area contributed by atoms with E-state index in [1.54, 1.807) is 18.4 Å². The molecule has 0 unspecified atom stereocenters. The highest BCUT2D eigenvalue weighted by Crippen LogP contribution is 2.21. The van der Waals surface area contributed by atoms with Crippen molar-refractivity contribution in [3.63, 3.8) is 0 Å². The average molecular weight is 249 g/mol. The first-order valence-corrected chi connectivity index (χ1v) is 5.03. The fourth-order valence-corrected chi connectivity index (χ4v) is 2.13. The van der Waals surface area contributed by atoms with Crippen LogP contribution in [0.5, 0.6) is 0 Å². The van der Waals surface area contributed by atoms with E-state index in [0.717, 1.165) is 8.66 Å². The van der Waals surface area contributed by atoms with Crippen LogP contribution < -0.4 is 10.6 Å². The molecule has 0 fully saturated rings. The summed E-state index contributed by atoms with van der Waals surface area (Å²) in [4.78, 5) is 11.9. The highest BCUT2D eigenvalue weighted by atomic mass is 79.9. The van der Waals surface area contributed by atoms with Crippen molar-refractivity contribution in [2.45, 2.75) is 6.54 Å². The molecule has 0 aliphatic heterocycles. The second-order valence-electron chi connectivity index (χ2n) is 2.14. The second-order valence-corrected chi connectivity index (χ2v) is 4.69. The lowest BCUT2D eigenvalue weighted by molar-refractivity contribution is 0.242. The summed E-state index contributed by atoms with van der Waals surface area (Å²) in [7, 11) is 1.60. The lowest BCUT2D eigenvalue weighted by atomic mass is 10.5. The van der Waals surface area contributed by atoms with E-state index in [-0.39, 0.29) is 6.03 Å². The van der Waals surface area contributed by atoms with Gasteiger partial charge in [-0.25, -0.2) is 4.79 Å². The molecule has 1 rings (SSSR count). The Balaban J connectivity index is 2.38. The summed E-state index contributed by atoms with van der Waals surface area (Å²) in [5, 5.41) is 5.19. The molecule has 0 aliphatic rings. The third-order valence-electron chi connectivity index (χ3n) is 1.28. The quantitative estimate of drug-likeness (QED) is 0.826. The SMILES string of the molecule is CNC(=O)NCc1ccc(Br)s1. The number of carbonyl (C=O) groups excluding carboxylic acids is 1. The first kappa shape index (κ1) is 9.54. The molecule has 2 amide bonds. The van der Waals surface area contributed by atoms with Crippen LogP contribution in [-0.4, -0.2) is 13.1 Å². The molecular weight excluding hydrogens is 240 g/mol. The Kier molecular flexibility index (Phi) is 3.55. The van der Waals surface area contributed by atoms with Gasteiger partial charge in [0.05, 0.1) is 10.3 Å². The molecule has 1 aromatic rings. The first-order valence-electron chi connectivity index (χ1n) is 3.42. The predicted molar refractivity (Wildman–Crippen MR) is 53.3 cm³/mol. The highest BCUT2D eigenvalue weighted by molar-refractivity contribution is 9.11. The summed E-state index contributed by atoms with van der Waals surface area (Å²) in [6.45, 7) is 0.579. The predicted octanol–water partition coefficient (Wildman–Crippen LogP) is 1.94. The van der Waals surface area contributed by atoms with Crippen molar-refractivity contribution >= 4 is 33.3 Å². The van der Waals surface area contributed by atoms with Crippen LogP contribution in [-0.2, 0) is 6.54 Å². The van der Waals surface area contributed by atoms with Crippen LogP contribution in [0.3, 0.4) is 0 Å². The minimum atomic E-state index is -0.153. The van der Waals surface area contributed by atoms with Crippen molar-refractivity contribution in [2.24, 2.45) is 0 Å². The molecule has 0 radical (unpaired) electrons. The third-order valence-corrected chi connectivity index (χ3v) is 2.90. The monoisotopic (exact) mass is 248 g/mol. The number of carbonyl (C=O) groups is 1.